The van der Waals surface area contributed by atoms with E-state index in [4.69, 9.17) is 18.9 Å². The Labute approximate surface area is 767 Å². The van der Waals surface area contributed by atoms with Crippen molar-refractivity contribution in [2.45, 2.75) is 226 Å². The van der Waals surface area contributed by atoms with Gasteiger partial charge in [-0.3, -0.25) is 28.9 Å². The van der Waals surface area contributed by atoms with Gasteiger partial charge >= 0.3 is 30.3 Å². The molecule has 0 spiro atoms. The number of phenols is 2. The zero-order valence-corrected chi connectivity index (χ0v) is 79.9. The molecule has 40 nitrogen and oxygen atoms in total. The Morgan fingerprint density at radius 3 is 0.985 bits per heavy atom. The maximum atomic E-state index is 12.6. The number of rotatable bonds is 16. The number of phenolic OH excluding ortho intramolecular Hbond substituents is 2. The van der Waals surface area contributed by atoms with Crippen molar-refractivity contribution in [1.82, 2.24) is 96.3 Å². The quantitative estimate of drug-likeness (QED) is 0.0349. The standard InChI is InChI=1S/C25H30N6O5.C23H32N6O3.C22H30N6O5.C22H30N6O3/c1-24(2,3)22(34)26-15-10-8-14(9-11-15)20-27-29-21(30-28-20)16-12-18(32)19(33)13-17(16)31(7)23(35)36-25(4,5)6;1-22(2,3)20(30)24-17-11-9-15(10-12-17)18-25-27-19(28-26-18)16-8-7-13-29(14-16)21(31)32-23(4,5)6;1-21(2,3)19(31)23-14-10-8-13(9-11-14)16-24-26-17(27-25-16)15(18(29)30)12-28(7)20(32)33-22(4,5)6;1-21(2,3)19(29)23-16-9-7-14(8-10-16)17-24-26-18(27-25-17)15-11-12-28(13-15)20(30)31-22(4,5)6/h8-13,32-33H,1-7H3,(H,26,34);9-12,16H,7-8,13-14H2,1-6H3,(H,24,30);8-11,15H,12H2,1-7H3,(H,23,31)(H,29,30);7-10,15H,11-13H2,1-6H3,(H,23,29). The Morgan fingerprint density at radius 1 is 0.379 bits per heavy atom. The van der Waals surface area contributed by atoms with Crippen molar-refractivity contribution in [3.8, 4) is 68.4 Å². The number of piperidine rings is 1. The minimum Gasteiger partial charge on any atom is -0.504 e. The van der Waals surface area contributed by atoms with Crippen molar-refractivity contribution in [3.05, 3.63) is 127 Å². The predicted octanol–water partition coefficient (Wildman–Crippen LogP) is 15.0. The first kappa shape index (κ1) is 103. The van der Waals surface area contributed by atoms with Crippen LogP contribution in [0.15, 0.2) is 109 Å². The van der Waals surface area contributed by atoms with Crippen molar-refractivity contribution >= 4 is 82.4 Å². The molecule has 9 aromatic rings. The van der Waals surface area contributed by atoms with E-state index in [0.29, 0.717) is 83.4 Å². The van der Waals surface area contributed by atoms with Gasteiger partial charge in [-0.15, -0.1) is 81.6 Å². The lowest BCUT2D eigenvalue weighted by molar-refractivity contribution is -0.139. The number of hydrogen-bond acceptors (Lipinski definition) is 31. The van der Waals surface area contributed by atoms with Gasteiger partial charge in [0, 0.05) is 131 Å². The van der Waals surface area contributed by atoms with Crippen molar-refractivity contribution < 1.29 is 77.4 Å². The van der Waals surface area contributed by atoms with Crippen LogP contribution in [0.4, 0.5) is 47.6 Å². The summed E-state index contributed by atoms with van der Waals surface area (Å²) in [4.78, 5) is 115. The van der Waals surface area contributed by atoms with Gasteiger partial charge in [0.2, 0.25) is 52.8 Å². The topological polar surface area (TPSA) is 519 Å². The number of hydrogen-bond donors (Lipinski definition) is 7. The maximum absolute atomic E-state index is 12.6. The summed E-state index contributed by atoms with van der Waals surface area (Å²) in [6.45, 7) is 45.6. The van der Waals surface area contributed by atoms with Crippen LogP contribution >= 0.6 is 0 Å². The van der Waals surface area contributed by atoms with Gasteiger partial charge in [0.05, 0.1) is 11.3 Å². The lowest BCUT2D eigenvalue weighted by Gasteiger charge is -2.33. The lowest BCUT2D eigenvalue weighted by atomic mass is 9.95. The number of benzene rings is 5. The highest BCUT2D eigenvalue weighted by atomic mass is 16.6. The smallest absolute Gasteiger partial charge is 0.414 e. The van der Waals surface area contributed by atoms with Crippen molar-refractivity contribution in [2.24, 2.45) is 21.7 Å². The molecular weight excluding hydrogens is 1700 g/mol. The molecule has 11 rings (SSSR count). The fourth-order valence-corrected chi connectivity index (χ4v) is 11.6. The number of amides is 8. The second kappa shape index (κ2) is 42.6. The van der Waals surface area contributed by atoms with Crippen LogP contribution in [0.1, 0.15) is 221 Å². The van der Waals surface area contributed by atoms with Gasteiger partial charge in [-0.05, 0) is 205 Å². The molecule has 3 unspecified atom stereocenters. The zero-order chi connectivity index (χ0) is 98.1. The second-order valence-electron chi connectivity index (χ2n) is 39.7. The van der Waals surface area contributed by atoms with Crippen LogP contribution in [0.2, 0.25) is 0 Å². The third-order valence-electron chi connectivity index (χ3n) is 19.1. The Balaban J connectivity index is 0.000000217. The third-order valence-corrected chi connectivity index (χ3v) is 19.1. The Bertz CT molecular complexity index is 5490. The second-order valence-corrected chi connectivity index (χ2v) is 39.7. The average Bonchev–Trinajstić information content (AvgIpc) is 1.12. The highest BCUT2D eigenvalue weighted by Crippen LogP contribution is 2.39. The Morgan fingerprint density at radius 2 is 0.667 bits per heavy atom. The first-order chi connectivity index (χ1) is 61.2. The zero-order valence-electron chi connectivity index (χ0n) is 79.9. The number of aliphatic carboxylic acids is 1. The molecule has 0 bridgehead atoms. The monoisotopic (exact) mass is 1820 g/mol. The van der Waals surface area contributed by atoms with Gasteiger partial charge in [0.1, 0.15) is 28.3 Å². The molecule has 40 heteroatoms. The van der Waals surface area contributed by atoms with E-state index in [9.17, 15) is 58.5 Å². The summed E-state index contributed by atoms with van der Waals surface area (Å²) in [6.07, 6.45) is 0.463. The van der Waals surface area contributed by atoms with Crippen molar-refractivity contribution in [2.75, 3.05) is 73.0 Å². The van der Waals surface area contributed by atoms with Crippen LogP contribution in [0.3, 0.4) is 0 Å². The largest absolute Gasteiger partial charge is 0.504 e. The average molecular weight is 1820 g/mol. The molecule has 2 aliphatic heterocycles. The molecule has 8 amide bonds. The van der Waals surface area contributed by atoms with Gasteiger partial charge < -0.3 is 70.2 Å². The lowest BCUT2D eigenvalue weighted by Crippen LogP contribution is -2.42. The van der Waals surface area contributed by atoms with Gasteiger partial charge in [0.25, 0.3) is 0 Å². The Kier molecular flexibility index (Phi) is 33.4. The molecular formula is C92H122N24O16. The normalized spacial score (nSPS) is 14.4. The van der Waals surface area contributed by atoms with Crippen LogP contribution < -0.4 is 26.2 Å². The molecule has 0 radical (unpaired) electrons. The van der Waals surface area contributed by atoms with E-state index in [1.54, 1.807) is 124 Å². The van der Waals surface area contributed by atoms with Crippen LogP contribution in [0.5, 0.6) is 11.5 Å². The predicted molar refractivity (Wildman–Crippen MR) is 492 cm³/mol. The van der Waals surface area contributed by atoms with Crippen LogP contribution in [0, 0.1) is 21.7 Å². The molecule has 4 aromatic heterocycles. The summed E-state index contributed by atoms with van der Waals surface area (Å²) < 4.78 is 21.5. The number of carboxylic acids is 1. The first-order valence-corrected chi connectivity index (χ1v) is 42.8. The molecule has 2 saturated heterocycles. The minimum absolute atomic E-state index is 0.0171. The van der Waals surface area contributed by atoms with Gasteiger partial charge in [-0.25, -0.2) is 19.2 Å². The maximum Gasteiger partial charge on any atom is 0.414 e. The number of likely N-dealkylation sites (tertiary alicyclic amines) is 2. The summed E-state index contributed by atoms with van der Waals surface area (Å²) in [7, 11) is 2.89. The fraction of sp³-hybridized carbons (Fsp3) is 0.489. The SMILES string of the molecule is CC(C)(C)OC(=O)N1CCC(c2nnc(-c3ccc(NC(=O)C(C)(C)C)cc3)nn2)C1.CC(C)(C)OC(=O)N1CCCC(c2nnc(-c3ccc(NC(=O)C(C)(C)C)cc3)nn2)C1.CN(C(=O)OC(C)(C)C)c1cc(O)c(O)cc1-c1nnc(-c2ccc(NC(=O)C(C)(C)C)cc2)nn1.CN(CC(C(=O)O)c1nnc(-c2ccc(NC(=O)C(C)(C)C)cc2)nn1)C(=O)OC(C)(C)C. The minimum atomic E-state index is -1.23. The summed E-state index contributed by atoms with van der Waals surface area (Å²) in [5.41, 5.74) is 1.28. The van der Waals surface area contributed by atoms with E-state index in [-0.39, 0.29) is 88.7 Å². The van der Waals surface area contributed by atoms with Crippen LogP contribution in [0.25, 0.3) is 56.9 Å². The van der Waals surface area contributed by atoms with E-state index in [0.717, 1.165) is 35.3 Å². The number of likely N-dealkylation sites (N-methyl/N-ethyl adjacent to an activating group) is 1. The number of carboxylic acid groups (broad SMARTS) is 1. The van der Waals surface area contributed by atoms with Gasteiger partial charge in [-0.2, -0.15) is 0 Å². The number of nitrogens with one attached hydrogen (secondary N) is 4. The van der Waals surface area contributed by atoms with Crippen molar-refractivity contribution in [1.29, 1.82) is 0 Å². The van der Waals surface area contributed by atoms with Crippen LogP contribution in [-0.2, 0) is 42.9 Å². The molecule has 2 fully saturated rings. The van der Waals surface area contributed by atoms with Crippen LogP contribution in [-0.4, -0.2) is 235 Å². The molecule has 0 aliphatic carbocycles. The number of aromatic nitrogens is 16. The van der Waals surface area contributed by atoms with Gasteiger partial charge in [-0.1, -0.05) is 83.1 Å². The fourth-order valence-electron chi connectivity index (χ4n) is 11.6. The molecule has 3 atom stereocenters. The molecule has 2 aliphatic rings. The van der Waals surface area contributed by atoms with E-state index >= 15 is 0 Å². The number of nitrogens with zero attached hydrogens (tertiary/aromatic N) is 20. The summed E-state index contributed by atoms with van der Waals surface area (Å²) >= 11 is 0. The highest BCUT2D eigenvalue weighted by Gasteiger charge is 2.36. The Hall–Kier alpha value is -14.1. The number of carbonyl (C=O) groups is 9. The number of anilines is 5. The summed E-state index contributed by atoms with van der Waals surface area (Å²) in [6, 6.07) is 30.6. The summed E-state index contributed by atoms with van der Waals surface area (Å²) in [5.74, 6) is -1.51. The molecule has 132 heavy (non-hydrogen) atoms. The number of aromatic hydroxyl groups is 2. The van der Waals surface area contributed by atoms with E-state index in [2.05, 4.69) is 103 Å². The molecule has 5 aromatic carbocycles. The highest BCUT2D eigenvalue weighted by molar-refractivity contribution is 5.97. The van der Waals surface area contributed by atoms with E-state index in [1.165, 1.54) is 31.1 Å². The number of ether oxygens (including phenoxy) is 4. The first-order valence-electron chi connectivity index (χ1n) is 42.8. The third kappa shape index (κ3) is 31.4. The van der Waals surface area contributed by atoms with E-state index in [1.807, 2.05) is 149 Å². The number of carbonyl (C=O) groups excluding carboxylic acids is 8. The van der Waals surface area contributed by atoms with Crippen molar-refractivity contribution in [3.63, 3.8) is 0 Å². The van der Waals surface area contributed by atoms with E-state index < -0.39 is 79.6 Å². The van der Waals surface area contributed by atoms with Gasteiger partial charge in [0.15, 0.2) is 29.0 Å². The molecule has 7 N–H and O–H groups in total. The molecule has 6 heterocycles. The summed E-state index contributed by atoms with van der Waals surface area (Å²) in [5, 5.41) is 107. The molecule has 0 saturated carbocycles. The molecule has 706 valence electrons.